The van der Waals surface area contributed by atoms with Crippen molar-refractivity contribution in [2.24, 2.45) is 0 Å². The first-order valence-corrected chi connectivity index (χ1v) is 9.21. The van der Waals surface area contributed by atoms with E-state index in [0.717, 1.165) is 18.5 Å². The number of hydrogen-bond acceptors (Lipinski definition) is 4. The summed E-state index contributed by atoms with van der Waals surface area (Å²) in [4.78, 5) is 12.1. The van der Waals surface area contributed by atoms with Crippen LogP contribution in [0.5, 0.6) is 17.2 Å². The molecular weight excluding hydrogens is 318 g/mol. The van der Waals surface area contributed by atoms with E-state index in [1.54, 1.807) is 21.3 Å². The molecule has 0 radical (unpaired) electrons. The fourth-order valence-corrected chi connectivity index (χ4v) is 2.80. The van der Waals surface area contributed by atoms with E-state index >= 15 is 0 Å². The molecular formula is C20H33NO4. The second-order valence-electron chi connectivity index (χ2n) is 6.18. The van der Waals surface area contributed by atoms with Gasteiger partial charge >= 0.3 is 0 Å². The average molecular weight is 351 g/mol. The predicted molar refractivity (Wildman–Crippen MR) is 101 cm³/mol. The Balaban J connectivity index is 2.39. The highest BCUT2D eigenvalue weighted by Gasteiger charge is 2.14. The average Bonchev–Trinajstić information content (AvgIpc) is 2.62. The number of amides is 1. The van der Waals surface area contributed by atoms with Crippen LogP contribution in [0.3, 0.4) is 0 Å². The van der Waals surface area contributed by atoms with Gasteiger partial charge in [0.2, 0.25) is 11.7 Å². The Morgan fingerprint density at radius 1 is 0.880 bits per heavy atom. The van der Waals surface area contributed by atoms with Crippen LogP contribution < -0.4 is 19.5 Å². The summed E-state index contributed by atoms with van der Waals surface area (Å²) in [5, 5.41) is 2.98. The van der Waals surface area contributed by atoms with Crippen LogP contribution in [0.25, 0.3) is 0 Å². The minimum atomic E-state index is 0.0141. The molecule has 0 spiro atoms. The number of nitrogens with one attached hydrogen (secondary N) is 1. The molecule has 142 valence electrons. The number of carbonyl (C=O) groups is 1. The van der Waals surface area contributed by atoms with Gasteiger partial charge in [-0.05, 0) is 24.1 Å². The zero-order valence-corrected chi connectivity index (χ0v) is 16.2. The monoisotopic (exact) mass is 351 g/mol. The van der Waals surface area contributed by atoms with E-state index in [4.69, 9.17) is 14.2 Å². The van der Waals surface area contributed by atoms with Gasteiger partial charge in [-0.1, -0.05) is 45.4 Å². The molecule has 1 aromatic carbocycles. The fraction of sp³-hybridized carbons (Fsp3) is 0.650. The van der Waals surface area contributed by atoms with E-state index in [0.29, 0.717) is 23.7 Å². The highest BCUT2D eigenvalue weighted by molar-refractivity contribution is 5.79. The first kappa shape index (κ1) is 21.1. The molecule has 0 aromatic heterocycles. The number of carbonyl (C=O) groups excluding carboxylic acids is 1. The largest absolute Gasteiger partial charge is 0.493 e. The van der Waals surface area contributed by atoms with Crippen LogP contribution in [0.4, 0.5) is 0 Å². The molecule has 25 heavy (non-hydrogen) atoms. The molecule has 0 unspecified atom stereocenters. The lowest BCUT2D eigenvalue weighted by Gasteiger charge is -2.14. The van der Waals surface area contributed by atoms with Gasteiger partial charge in [0.05, 0.1) is 27.8 Å². The van der Waals surface area contributed by atoms with Crippen LogP contribution in [-0.2, 0) is 11.2 Å². The summed E-state index contributed by atoms with van der Waals surface area (Å²) in [5.74, 6) is 1.69. The molecule has 1 rings (SSSR count). The number of benzene rings is 1. The predicted octanol–water partition coefficient (Wildman–Crippen LogP) is 4.12. The molecule has 1 N–H and O–H groups in total. The van der Waals surface area contributed by atoms with Gasteiger partial charge in [-0.15, -0.1) is 0 Å². The third-order valence-electron chi connectivity index (χ3n) is 4.19. The Morgan fingerprint density at radius 2 is 1.44 bits per heavy atom. The third-order valence-corrected chi connectivity index (χ3v) is 4.19. The van der Waals surface area contributed by atoms with Crippen molar-refractivity contribution in [3.63, 3.8) is 0 Å². The maximum atomic E-state index is 12.1. The molecule has 0 aliphatic heterocycles. The second kappa shape index (κ2) is 12.5. The number of rotatable bonds is 13. The van der Waals surface area contributed by atoms with Crippen molar-refractivity contribution >= 4 is 5.91 Å². The lowest BCUT2D eigenvalue weighted by atomic mass is 10.1. The summed E-state index contributed by atoms with van der Waals surface area (Å²) in [5.41, 5.74) is 0.839. The number of unbranched alkanes of at least 4 members (excludes halogenated alkanes) is 6. The van der Waals surface area contributed by atoms with Gasteiger partial charge in [0.25, 0.3) is 0 Å². The summed E-state index contributed by atoms with van der Waals surface area (Å²) in [6.45, 7) is 2.96. The second-order valence-corrected chi connectivity index (χ2v) is 6.18. The summed E-state index contributed by atoms with van der Waals surface area (Å²) in [6, 6.07) is 3.63. The first-order chi connectivity index (χ1) is 12.2. The van der Waals surface area contributed by atoms with Crippen molar-refractivity contribution in [3.05, 3.63) is 17.7 Å². The molecule has 1 amide bonds. The minimum Gasteiger partial charge on any atom is -0.493 e. The number of ether oxygens (including phenoxy) is 3. The molecule has 0 heterocycles. The Hall–Kier alpha value is -1.91. The molecule has 0 fully saturated rings. The Labute approximate surface area is 152 Å². The number of hydrogen-bond donors (Lipinski definition) is 1. The molecule has 0 saturated heterocycles. The van der Waals surface area contributed by atoms with Crippen LogP contribution in [0.1, 0.15) is 57.4 Å². The standard InChI is InChI=1S/C20H33NO4/c1-5-6-7-8-9-10-11-12-21-19(22)15-16-13-17(23-2)20(25-4)18(14-16)24-3/h13-14H,5-12,15H2,1-4H3,(H,21,22). The Kier molecular flexibility index (Phi) is 10.5. The molecule has 5 heteroatoms. The summed E-state index contributed by atoms with van der Waals surface area (Å²) in [6.07, 6.45) is 8.98. The van der Waals surface area contributed by atoms with E-state index in [1.165, 1.54) is 38.5 Å². The van der Waals surface area contributed by atoms with E-state index in [-0.39, 0.29) is 5.91 Å². The molecule has 0 bridgehead atoms. The highest BCUT2D eigenvalue weighted by Crippen LogP contribution is 2.38. The van der Waals surface area contributed by atoms with Crippen LogP contribution in [0.15, 0.2) is 12.1 Å². The van der Waals surface area contributed by atoms with Gasteiger partial charge in [-0.25, -0.2) is 0 Å². The molecule has 0 aliphatic carbocycles. The van der Waals surface area contributed by atoms with Gasteiger partial charge in [0, 0.05) is 6.54 Å². The zero-order chi connectivity index (χ0) is 18.5. The zero-order valence-electron chi connectivity index (χ0n) is 16.2. The quantitative estimate of drug-likeness (QED) is 0.543. The van der Waals surface area contributed by atoms with Crippen molar-refractivity contribution in [3.8, 4) is 17.2 Å². The van der Waals surface area contributed by atoms with Gasteiger partial charge in [-0.2, -0.15) is 0 Å². The van der Waals surface area contributed by atoms with Gasteiger partial charge in [0.1, 0.15) is 0 Å². The van der Waals surface area contributed by atoms with Crippen molar-refractivity contribution in [1.29, 1.82) is 0 Å². The van der Waals surface area contributed by atoms with Gasteiger partial charge < -0.3 is 19.5 Å². The lowest BCUT2D eigenvalue weighted by molar-refractivity contribution is -0.120. The van der Waals surface area contributed by atoms with E-state index in [2.05, 4.69) is 12.2 Å². The maximum absolute atomic E-state index is 12.1. The SMILES string of the molecule is CCCCCCCCCNC(=O)Cc1cc(OC)c(OC)c(OC)c1. The van der Waals surface area contributed by atoms with Crippen LogP contribution in [-0.4, -0.2) is 33.8 Å². The molecule has 1 aromatic rings. The summed E-state index contributed by atoms with van der Waals surface area (Å²) >= 11 is 0. The Bertz CT molecular complexity index is 491. The number of methoxy groups -OCH3 is 3. The summed E-state index contributed by atoms with van der Waals surface area (Å²) in [7, 11) is 4.71. The highest BCUT2D eigenvalue weighted by atomic mass is 16.5. The minimum absolute atomic E-state index is 0.0141. The maximum Gasteiger partial charge on any atom is 0.224 e. The fourth-order valence-electron chi connectivity index (χ4n) is 2.80. The van der Waals surface area contributed by atoms with E-state index in [1.807, 2.05) is 12.1 Å². The van der Waals surface area contributed by atoms with Crippen LogP contribution in [0, 0.1) is 0 Å². The van der Waals surface area contributed by atoms with Crippen molar-refractivity contribution in [2.75, 3.05) is 27.9 Å². The molecule has 0 aliphatic rings. The smallest absolute Gasteiger partial charge is 0.224 e. The van der Waals surface area contributed by atoms with Crippen molar-refractivity contribution < 1.29 is 19.0 Å². The van der Waals surface area contributed by atoms with E-state index in [9.17, 15) is 4.79 Å². The first-order valence-electron chi connectivity index (χ1n) is 9.21. The Morgan fingerprint density at radius 3 is 1.96 bits per heavy atom. The van der Waals surface area contributed by atoms with Crippen LogP contribution >= 0.6 is 0 Å². The normalized spacial score (nSPS) is 10.4. The summed E-state index contributed by atoms with van der Waals surface area (Å²) < 4.78 is 15.9. The van der Waals surface area contributed by atoms with Crippen molar-refractivity contribution in [1.82, 2.24) is 5.32 Å². The van der Waals surface area contributed by atoms with Crippen molar-refractivity contribution in [2.45, 2.75) is 58.3 Å². The van der Waals surface area contributed by atoms with Gasteiger partial charge in [0.15, 0.2) is 11.5 Å². The van der Waals surface area contributed by atoms with Gasteiger partial charge in [-0.3, -0.25) is 4.79 Å². The molecule has 0 atom stereocenters. The van der Waals surface area contributed by atoms with Crippen LogP contribution in [0.2, 0.25) is 0 Å². The topological polar surface area (TPSA) is 56.8 Å². The molecule has 0 saturated carbocycles. The third kappa shape index (κ3) is 7.67. The van der Waals surface area contributed by atoms with E-state index < -0.39 is 0 Å². The lowest BCUT2D eigenvalue weighted by Crippen LogP contribution is -2.26. The molecule has 5 nitrogen and oxygen atoms in total.